The van der Waals surface area contributed by atoms with Gasteiger partial charge in [0.2, 0.25) is 0 Å². The molecule has 0 aliphatic rings. The van der Waals surface area contributed by atoms with E-state index in [1.807, 2.05) is 32.3 Å². The van der Waals surface area contributed by atoms with Crippen LogP contribution in [0.1, 0.15) is 24.0 Å². The molecule has 4 heteroatoms. The summed E-state index contributed by atoms with van der Waals surface area (Å²) in [4.78, 5) is 12.5. The van der Waals surface area contributed by atoms with Crippen molar-refractivity contribution < 1.29 is 9.90 Å². The minimum Gasteiger partial charge on any atom is -0.481 e. The first-order valence-electron chi connectivity index (χ1n) is 5.63. The van der Waals surface area contributed by atoms with Crippen LogP contribution >= 0.6 is 11.6 Å². The van der Waals surface area contributed by atoms with Crippen molar-refractivity contribution in [2.75, 3.05) is 14.1 Å². The average molecular weight is 256 g/mol. The number of carbonyl (C=O) groups is 1. The molecule has 1 aromatic carbocycles. The number of aryl methyl sites for hydroxylation is 1. The number of rotatable bonds is 6. The smallest absolute Gasteiger partial charge is 0.303 e. The summed E-state index contributed by atoms with van der Waals surface area (Å²) in [5.41, 5.74) is 2.19. The summed E-state index contributed by atoms with van der Waals surface area (Å²) in [5, 5.41) is 9.31. The number of benzene rings is 1. The van der Waals surface area contributed by atoms with Crippen LogP contribution in [0.2, 0.25) is 5.02 Å². The Morgan fingerprint density at radius 1 is 1.41 bits per heavy atom. The number of hydrogen-bond donors (Lipinski definition) is 1. The Bertz CT molecular complexity index is 391. The van der Waals surface area contributed by atoms with Crippen LogP contribution in [0.4, 0.5) is 0 Å². The van der Waals surface area contributed by atoms with Crippen LogP contribution in [0.3, 0.4) is 0 Å². The van der Waals surface area contributed by atoms with Crippen molar-refractivity contribution in [2.45, 2.75) is 25.8 Å². The lowest BCUT2D eigenvalue weighted by Gasteiger charge is -2.12. The normalized spacial score (nSPS) is 10.8. The van der Waals surface area contributed by atoms with Gasteiger partial charge in [-0.3, -0.25) is 4.79 Å². The molecule has 94 valence electrons. The van der Waals surface area contributed by atoms with E-state index in [0.717, 1.165) is 29.1 Å². The summed E-state index contributed by atoms with van der Waals surface area (Å²) in [6, 6.07) is 5.97. The Morgan fingerprint density at radius 2 is 2.12 bits per heavy atom. The molecule has 0 aliphatic carbocycles. The molecule has 1 N–H and O–H groups in total. The summed E-state index contributed by atoms with van der Waals surface area (Å²) in [6.07, 6.45) is 1.62. The first-order chi connectivity index (χ1) is 7.99. The second-order valence-electron chi connectivity index (χ2n) is 4.41. The lowest BCUT2D eigenvalue weighted by Crippen LogP contribution is -2.11. The summed E-state index contributed by atoms with van der Waals surface area (Å²) in [7, 11) is 3.99. The number of hydrogen-bond acceptors (Lipinski definition) is 2. The van der Waals surface area contributed by atoms with Gasteiger partial charge in [0.05, 0.1) is 0 Å². The highest BCUT2D eigenvalue weighted by molar-refractivity contribution is 6.31. The van der Waals surface area contributed by atoms with Gasteiger partial charge >= 0.3 is 5.97 Å². The summed E-state index contributed by atoms with van der Waals surface area (Å²) >= 11 is 6.17. The standard InChI is InChI=1S/C13H18ClNO2/c1-15(2)9-11-7-6-10(8-12(11)14)4-3-5-13(16)17/h6-8H,3-5,9H2,1-2H3,(H,16,17). The Kier molecular flexibility index (Phi) is 5.45. The first kappa shape index (κ1) is 14.0. The number of halogens is 1. The van der Waals surface area contributed by atoms with E-state index in [1.165, 1.54) is 0 Å². The maximum atomic E-state index is 10.4. The van der Waals surface area contributed by atoms with Gasteiger partial charge in [-0.15, -0.1) is 0 Å². The molecule has 17 heavy (non-hydrogen) atoms. The minimum absolute atomic E-state index is 0.205. The Hall–Kier alpha value is -1.06. The molecule has 0 saturated carbocycles. The van der Waals surface area contributed by atoms with E-state index < -0.39 is 5.97 Å². The van der Waals surface area contributed by atoms with Gasteiger partial charge in [-0.2, -0.15) is 0 Å². The minimum atomic E-state index is -0.750. The fraction of sp³-hybridized carbons (Fsp3) is 0.462. The third-order valence-electron chi connectivity index (χ3n) is 2.46. The molecule has 0 heterocycles. The zero-order chi connectivity index (χ0) is 12.8. The number of carboxylic acids is 1. The van der Waals surface area contributed by atoms with Gasteiger partial charge < -0.3 is 10.0 Å². The molecule has 3 nitrogen and oxygen atoms in total. The van der Waals surface area contributed by atoms with Gasteiger partial charge in [0, 0.05) is 18.0 Å². The van der Waals surface area contributed by atoms with Crippen LogP contribution in [0, 0.1) is 0 Å². The Morgan fingerprint density at radius 3 is 2.65 bits per heavy atom. The molecule has 0 spiro atoms. The third kappa shape index (κ3) is 5.20. The molecule has 0 saturated heterocycles. The molecule has 0 radical (unpaired) electrons. The molecule has 0 amide bonds. The molecule has 0 bridgehead atoms. The van der Waals surface area contributed by atoms with Crippen molar-refractivity contribution in [3.05, 3.63) is 34.3 Å². The van der Waals surface area contributed by atoms with Crippen LogP contribution in [-0.2, 0) is 17.8 Å². The zero-order valence-electron chi connectivity index (χ0n) is 10.2. The van der Waals surface area contributed by atoms with Crippen molar-refractivity contribution >= 4 is 17.6 Å². The molecular formula is C13H18ClNO2. The lowest BCUT2D eigenvalue weighted by atomic mass is 10.1. The van der Waals surface area contributed by atoms with E-state index in [4.69, 9.17) is 16.7 Å². The van der Waals surface area contributed by atoms with Crippen LogP contribution < -0.4 is 0 Å². The van der Waals surface area contributed by atoms with E-state index in [1.54, 1.807) is 0 Å². The second kappa shape index (κ2) is 6.62. The maximum absolute atomic E-state index is 10.4. The van der Waals surface area contributed by atoms with Gasteiger partial charge in [-0.05, 0) is 44.1 Å². The highest BCUT2D eigenvalue weighted by Gasteiger charge is 2.04. The van der Waals surface area contributed by atoms with E-state index in [-0.39, 0.29) is 6.42 Å². The molecule has 0 unspecified atom stereocenters. The topological polar surface area (TPSA) is 40.5 Å². The molecule has 1 rings (SSSR count). The predicted molar refractivity (Wildman–Crippen MR) is 69.4 cm³/mol. The fourth-order valence-electron chi connectivity index (χ4n) is 1.66. The zero-order valence-corrected chi connectivity index (χ0v) is 11.0. The third-order valence-corrected chi connectivity index (χ3v) is 2.81. The predicted octanol–water partition coefficient (Wildman–Crippen LogP) is 2.81. The van der Waals surface area contributed by atoms with Crippen LogP contribution in [0.5, 0.6) is 0 Å². The quantitative estimate of drug-likeness (QED) is 0.850. The van der Waals surface area contributed by atoms with Crippen molar-refractivity contribution in [2.24, 2.45) is 0 Å². The lowest BCUT2D eigenvalue weighted by molar-refractivity contribution is -0.137. The molecule has 0 fully saturated rings. The molecule has 0 atom stereocenters. The summed E-state index contributed by atoms with van der Waals surface area (Å²) in [6.45, 7) is 0.814. The van der Waals surface area contributed by atoms with Gasteiger partial charge in [-0.1, -0.05) is 23.7 Å². The summed E-state index contributed by atoms with van der Waals surface area (Å²) in [5.74, 6) is -0.750. The fourth-order valence-corrected chi connectivity index (χ4v) is 1.92. The number of nitrogens with zero attached hydrogens (tertiary/aromatic N) is 1. The number of aliphatic carboxylic acids is 1. The average Bonchev–Trinajstić information content (AvgIpc) is 2.21. The Labute approximate surface area is 107 Å². The van der Waals surface area contributed by atoms with Gasteiger partial charge in [0.15, 0.2) is 0 Å². The van der Waals surface area contributed by atoms with Gasteiger partial charge in [0.25, 0.3) is 0 Å². The Balaban J connectivity index is 2.59. The monoisotopic (exact) mass is 255 g/mol. The van der Waals surface area contributed by atoms with Crippen LogP contribution in [0.25, 0.3) is 0 Å². The van der Waals surface area contributed by atoms with E-state index in [9.17, 15) is 4.79 Å². The SMILES string of the molecule is CN(C)Cc1ccc(CCCC(=O)O)cc1Cl. The highest BCUT2D eigenvalue weighted by Crippen LogP contribution is 2.20. The van der Waals surface area contributed by atoms with Crippen molar-refractivity contribution in [3.63, 3.8) is 0 Å². The van der Waals surface area contributed by atoms with Crippen molar-refractivity contribution in [1.82, 2.24) is 4.90 Å². The van der Waals surface area contributed by atoms with Crippen LogP contribution in [-0.4, -0.2) is 30.1 Å². The van der Waals surface area contributed by atoms with Gasteiger partial charge in [0.1, 0.15) is 0 Å². The van der Waals surface area contributed by atoms with E-state index >= 15 is 0 Å². The van der Waals surface area contributed by atoms with Crippen molar-refractivity contribution in [3.8, 4) is 0 Å². The largest absolute Gasteiger partial charge is 0.481 e. The maximum Gasteiger partial charge on any atom is 0.303 e. The van der Waals surface area contributed by atoms with Gasteiger partial charge in [-0.25, -0.2) is 0 Å². The molecule has 1 aromatic rings. The second-order valence-corrected chi connectivity index (χ2v) is 4.82. The van der Waals surface area contributed by atoms with Crippen LogP contribution in [0.15, 0.2) is 18.2 Å². The molecular weight excluding hydrogens is 238 g/mol. The molecule has 0 aliphatic heterocycles. The highest BCUT2D eigenvalue weighted by atomic mass is 35.5. The number of carboxylic acid groups (broad SMARTS) is 1. The first-order valence-corrected chi connectivity index (χ1v) is 6.00. The molecule has 0 aromatic heterocycles. The summed E-state index contributed by atoms with van der Waals surface area (Å²) < 4.78 is 0. The van der Waals surface area contributed by atoms with E-state index in [0.29, 0.717) is 6.42 Å². The van der Waals surface area contributed by atoms with Crippen molar-refractivity contribution in [1.29, 1.82) is 0 Å². The van der Waals surface area contributed by atoms with E-state index in [2.05, 4.69) is 4.90 Å².